The third-order valence-corrected chi connectivity index (χ3v) is 5.86. The normalized spacial score (nSPS) is 11.7. The molecule has 0 saturated heterocycles. The molecule has 4 rings (SSSR count). The summed E-state index contributed by atoms with van der Waals surface area (Å²) in [6, 6.07) is 14.5. The Bertz CT molecular complexity index is 1250. The second-order valence-corrected chi connectivity index (χ2v) is 8.09. The van der Waals surface area contributed by atoms with Gasteiger partial charge in [0.2, 0.25) is 5.91 Å². The number of thiazole rings is 1. The number of rotatable bonds is 8. The molecule has 2 heterocycles. The Hall–Kier alpha value is -3.85. The van der Waals surface area contributed by atoms with E-state index in [1.165, 1.54) is 11.3 Å². The van der Waals surface area contributed by atoms with Crippen molar-refractivity contribution in [3.8, 4) is 17.0 Å². The van der Waals surface area contributed by atoms with Crippen LogP contribution >= 0.6 is 11.3 Å². The predicted molar refractivity (Wildman–Crippen MR) is 129 cm³/mol. The highest BCUT2D eigenvalue weighted by Gasteiger charge is 2.24. The van der Waals surface area contributed by atoms with Crippen LogP contribution in [0.4, 0.5) is 9.93 Å². The van der Waals surface area contributed by atoms with Crippen molar-refractivity contribution in [2.75, 3.05) is 19.0 Å². The van der Waals surface area contributed by atoms with Gasteiger partial charge in [0.25, 0.3) is 0 Å². The first-order valence-corrected chi connectivity index (χ1v) is 11.3. The third-order valence-electron chi connectivity index (χ3n) is 5.10. The number of nitrogens with one attached hydrogen (secondary N) is 3. The zero-order valence-corrected chi connectivity index (χ0v) is 19.1. The highest BCUT2D eigenvalue weighted by Crippen LogP contribution is 2.27. The van der Waals surface area contributed by atoms with E-state index in [1.54, 1.807) is 14.0 Å². The van der Waals surface area contributed by atoms with Gasteiger partial charge in [0.1, 0.15) is 11.8 Å². The second-order valence-electron chi connectivity index (χ2n) is 7.24. The summed E-state index contributed by atoms with van der Waals surface area (Å²) < 4.78 is 10.2. The number of carbonyl (C=O) groups excluding carboxylic acids is 2. The summed E-state index contributed by atoms with van der Waals surface area (Å²) in [4.78, 5) is 32.9. The first-order valence-electron chi connectivity index (χ1n) is 10.5. The topological polar surface area (TPSA) is 105 Å². The quantitative estimate of drug-likeness (QED) is 0.354. The fraction of sp³-hybridized carbons (Fsp3) is 0.208. The molecular formula is C24H24N4O4S. The molecule has 0 aliphatic carbocycles. The van der Waals surface area contributed by atoms with E-state index in [9.17, 15) is 9.59 Å². The Morgan fingerprint density at radius 1 is 1.15 bits per heavy atom. The molecule has 2 aromatic carbocycles. The largest absolute Gasteiger partial charge is 0.497 e. The smallest absolute Gasteiger partial charge is 0.407 e. The minimum atomic E-state index is -0.836. The van der Waals surface area contributed by atoms with Crippen LogP contribution in [0.15, 0.2) is 60.1 Å². The minimum Gasteiger partial charge on any atom is -0.497 e. The van der Waals surface area contributed by atoms with Crippen molar-refractivity contribution in [1.29, 1.82) is 0 Å². The number of hydrogen-bond acceptors (Lipinski definition) is 6. The second kappa shape index (κ2) is 10.2. The van der Waals surface area contributed by atoms with Gasteiger partial charge in [-0.3, -0.25) is 4.79 Å². The van der Waals surface area contributed by atoms with Crippen molar-refractivity contribution >= 4 is 39.4 Å². The number of nitrogens with zero attached hydrogens (tertiary/aromatic N) is 1. The standard InChI is InChI=1S/C24H24N4O4S/c1-3-32-24(30)27-20(12-16-13-25-19-7-5-4-6-18(16)19)22(29)28-23-26-21(14-33-23)15-8-10-17(31-2)11-9-15/h4-11,13-14,20,25H,3,12H2,1-2H3,(H,27,30)(H,26,28,29)/t20-/m1/s1. The number of hydrogen-bond donors (Lipinski definition) is 3. The Morgan fingerprint density at radius 3 is 2.70 bits per heavy atom. The maximum atomic E-state index is 13.1. The molecule has 0 aliphatic heterocycles. The molecule has 33 heavy (non-hydrogen) atoms. The van der Waals surface area contributed by atoms with E-state index in [1.807, 2.05) is 60.1 Å². The van der Waals surface area contributed by atoms with Gasteiger partial charge in [0.15, 0.2) is 5.13 Å². The molecule has 0 bridgehead atoms. The molecule has 9 heteroatoms. The molecule has 0 radical (unpaired) electrons. The van der Waals surface area contributed by atoms with Crippen LogP contribution in [0.3, 0.4) is 0 Å². The molecule has 2 amide bonds. The van der Waals surface area contributed by atoms with E-state index in [0.29, 0.717) is 11.6 Å². The number of anilines is 1. The van der Waals surface area contributed by atoms with Crippen molar-refractivity contribution in [3.63, 3.8) is 0 Å². The summed E-state index contributed by atoms with van der Waals surface area (Å²) in [5.41, 5.74) is 3.53. The van der Waals surface area contributed by atoms with Crippen LogP contribution in [0.2, 0.25) is 0 Å². The lowest BCUT2D eigenvalue weighted by molar-refractivity contribution is -0.118. The lowest BCUT2D eigenvalue weighted by Gasteiger charge is -2.17. The number of ether oxygens (including phenoxy) is 2. The summed E-state index contributed by atoms with van der Waals surface area (Å²) in [6.45, 7) is 1.93. The van der Waals surface area contributed by atoms with Gasteiger partial charge < -0.3 is 25.1 Å². The number of methoxy groups -OCH3 is 1. The highest BCUT2D eigenvalue weighted by molar-refractivity contribution is 7.14. The summed E-state index contributed by atoms with van der Waals surface area (Å²) in [5, 5.41) is 8.80. The number of alkyl carbamates (subject to hydrolysis) is 1. The Kier molecular flexibility index (Phi) is 6.89. The predicted octanol–water partition coefficient (Wildman–Crippen LogP) is 4.60. The molecule has 0 spiro atoms. The van der Waals surface area contributed by atoms with Gasteiger partial charge in [-0.2, -0.15) is 0 Å². The van der Waals surface area contributed by atoms with Gasteiger partial charge in [-0.15, -0.1) is 11.3 Å². The van der Waals surface area contributed by atoms with Gasteiger partial charge >= 0.3 is 6.09 Å². The van der Waals surface area contributed by atoms with Crippen molar-refractivity contribution in [2.45, 2.75) is 19.4 Å². The molecule has 1 atom stereocenters. The van der Waals surface area contributed by atoms with E-state index in [-0.39, 0.29) is 12.5 Å². The lowest BCUT2D eigenvalue weighted by atomic mass is 10.0. The van der Waals surface area contributed by atoms with Crippen LogP contribution in [0.5, 0.6) is 5.75 Å². The van der Waals surface area contributed by atoms with E-state index in [2.05, 4.69) is 20.6 Å². The maximum absolute atomic E-state index is 13.1. The Balaban J connectivity index is 1.51. The van der Waals surface area contributed by atoms with Crippen LogP contribution in [0, 0.1) is 0 Å². The van der Waals surface area contributed by atoms with Crippen molar-refractivity contribution in [2.24, 2.45) is 0 Å². The van der Waals surface area contributed by atoms with Crippen LogP contribution in [-0.2, 0) is 16.0 Å². The average molecular weight is 465 g/mol. The summed E-state index contributed by atoms with van der Waals surface area (Å²) in [5.74, 6) is 0.386. The molecule has 4 aromatic rings. The van der Waals surface area contributed by atoms with Crippen molar-refractivity contribution in [1.82, 2.24) is 15.3 Å². The van der Waals surface area contributed by atoms with E-state index < -0.39 is 12.1 Å². The third kappa shape index (κ3) is 5.32. The first-order chi connectivity index (χ1) is 16.1. The van der Waals surface area contributed by atoms with Crippen molar-refractivity contribution < 1.29 is 19.1 Å². The molecule has 0 aliphatic rings. The highest BCUT2D eigenvalue weighted by atomic mass is 32.1. The Labute approximate surface area is 195 Å². The zero-order valence-electron chi connectivity index (χ0n) is 18.3. The summed E-state index contributed by atoms with van der Waals surface area (Å²) in [7, 11) is 1.61. The molecule has 8 nitrogen and oxygen atoms in total. The number of amides is 2. The number of carbonyl (C=O) groups is 2. The number of aromatic amines is 1. The maximum Gasteiger partial charge on any atom is 0.407 e. The van der Waals surface area contributed by atoms with Gasteiger partial charge in [-0.25, -0.2) is 9.78 Å². The SMILES string of the molecule is CCOC(=O)N[C@H](Cc1c[nH]c2ccccc12)C(=O)Nc1nc(-c2ccc(OC)cc2)cs1. The number of aromatic nitrogens is 2. The fourth-order valence-electron chi connectivity index (χ4n) is 3.46. The van der Waals surface area contributed by atoms with E-state index in [4.69, 9.17) is 9.47 Å². The molecular weight excluding hydrogens is 440 g/mol. The first kappa shape index (κ1) is 22.3. The van der Waals surface area contributed by atoms with Gasteiger partial charge in [0.05, 0.1) is 19.4 Å². The van der Waals surface area contributed by atoms with Crippen molar-refractivity contribution in [3.05, 3.63) is 65.7 Å². The monoisotopic (exact) mass is 464 g/mol. The summed E-state index contributed by atoms with van der Waals surface area (Å²) in [6.07, 6.45) is 1.50. The molecule has 3 N–H and O–H groups in total. The molecule has 170 valence electrons. The number of H-pyrrole nitrogens is 1. The van der Waals surface area contributed by atoms with Crippen LogP contribution in [0.25, 0.3) is 22.2 Å². The van der Waals surface area contributed by atoms with E-state index in [0.717, 1.165) is 33.5 Å². The van der Waals surface area contributed by atoms with Gasteiger partial charge in [-0.1, -0.05) is 18.2 Å². The molecule has 2 aromatic heterocycles. The lowest BCUT2D eigenvalue weighted by Crippen LogP contribution is -2.45. The van der Waals surface area contributed by atoms with Crippen LogP contribution < -0.4 is 15.4 Å². The average Bonchev–Trinajstić information content (AvgIpc) is 3.46. The molecule has 0 saturated carbocycles. The summed E-state index contributed by atoms with van der Waals surface area (Å²) >= 11 is 1.32. The van der Waals surface area contributed by atoms with Crippen LogP contribution in [0.1, 0.15) is 12.5 Å². The van der Waals surface area contributed by atoms with Gasteiger partial charge in [0, 0.05) is 34.5 Å². The van der Waals surface area contributed by atoms with Crippen LogP contribution in [-0.4, -0.2) is 41.7 Å². The number of para-hydroxylation sites is 1. The van der Waals surface area contributed by atoms with Gasteiger partial charge in [-0.05, 0) is 42.8 Å². The van der Waals surface area contributed by atoms with E-state index >= 15 is 0 Å². The minimum absolute atomic E-state index is 0.213. The zero-order chi connectivity index (χ0) is 23.2. The Morgan fingerprint density at radius 2 is 1.94 bits per heavy atom. The fourth-order valence-corrected chi connectivity index (χ4v) is 4.19. The number of fused-ring (bicyclic) bond motifs is 1. The number of benzene rings is 2. The molecule has 0 fully saturated rings. The molecule has 0 unspecified atom stereocenters.